The molecule has 0 radical (unpaired) electrons. The highest BCUT2D eigenvalue weighted by Crippen LogP contribution is 2.51. The average molecular weight is 630 g/mol. The highest BCUT2D eigenvalue weighted by atomic mass is 32.2. The van der Waals surface area contributed by atoms with Crippen molar-refractivity contribution in [3.63, 3.8) is 0 Å². The molecule has 0 unspecified atom stereocenters. The Labute approximate surface area is 250 Å². The molecule has 6 rings (SSSR count). The van der Waals surface area contributed by atoms with E-state index in [1.165, 1.54) is 34.5 Å². The summed E-state index contributed by atoms with van der Waals surface area (Å²) in [6.45, 7) is 2.15. The van der Waals surface area contributed by atoms with Crippen LogP contribution in [0.15, 0.2) is 65.6 Å². The first-order chi connectivity index (χ1) is 20.8. The number of aromatic nitrogens is 6. The van der Waals surface area contributed by atoms with Crippen molar-refractivity contribution in [2.75, 3.05) is 7.05 Å². The van der Waals surface area contributed by atoms with Gasteiger partial charge >= 0.3 is 6.18 Å². The molecular formula is C29H27F4N7O3S. The summed E-state index contributed by atoms with van der Waals surface area (Å²) in [5, 5.41) is 12.3. The van der Waals surface area contributed by atoms with Gasteiger partial charge in [-0.2, -0.15) is 32.5 Å². The molecule has 1 aromatic carbocycles. The monoisotopic (exact) mass is 629 g/mol. The lowest BCUT2D eigenvalue weighted by Gasteiger charge is -2.45. The molecule has 1 fully saturated rings. The zero-order chi connectivity index (χ0) is 31.4. The molecule has 4 aromatic rings. The second kappa shape index (κ2) is 10.7. The molecule has 2 aliphatic carbocycles. The van der Waals surface area contributed by atoms with Crippen LogP contribution in [0.3, 0.4) is 0 Å². The van der Waals surface area contributed by atoms with Crippen LogP contribution in [0.25, 0.3) is 11.8 Å². The molecule has 2 atom stereocenters. The lowest BCUT2D eigenvalue weighted by atomic mass is 9.60. The molecule has 0 aliphatic heterocycles. The first-order valence-corrected chi connectivity index (χ1v) is 15.3. The van der Waals surface area contributed by atoms with Gasteiger partial charge in [-0.1, -0.05) is 5.57 Å². The third kappa shape index (κ3) is 5.03. The number of carbonyl (C=O) groups excluding carboxylic acids is 1. The van der Waals surface area contributed by atoms with Crippen LogP contribution >= 0.6 is 0 Å². The fourth-order valence-corrected chi connectivity index (χ4v) is 7.26. The summed E-state index contributed by atoms with van der Waals surface area (Å²) in [7, 11) is -2.65. The van der Waals surface area contributed by atoms with Gasteiger partial charge in [-0.15, -0.1) is 5.10 Å². The van der Waals surface area contributed by atoms with E-state index in [1.54, 1.807) is 29.9 Å². The van der Waals surface area contributed by atoms with Gasteiger partial charge in [0.25, 0.3) is 10.0 Å². The van der Waals surface area contributed by atoms with Gasteiger partial charge in [-0.25, -0.2) is 17.5 Å². The molecule has 0 spiro atoms. The van der Waals surface area contributed by atoms with Crippen LogP contribution in [0.5, 0.6) is 0 Å². The van der Waals surface area contributed by atoms with Gasteiger partial charge < -0.3 is 0 Å². The molecule has 0 bridgehead atoms. The number of pyridine rings is 1. The van der Waals surface area contributed by atoms with Gasteiger partial charge in [0.15, 0.2) is 5.78 Å². The molecule has 3 aromatic heterocycles. The summed E-state index contributed by atoms with van der Waals surface area (Å²) in [6.07, 6.45) is 1.47. The van der Waals surface area contributed by atoms with Gasteiger partial charge in [-0.05, 0) is 80.6 Å². The maximum absolute atomic E-state index is 14.3. The number of fused-ring (bicyclic) bond motifs is 2. The molecule has 10 nitrogen and oxygen atoms in total. The summed E-state index contributed by atoms with van der Waals surface area (Å²) < 4.78 is 83.2. The molecule has 2 aliphatic rings. The highest BCUT2D eigenvalue weighted by Gasteiger charge is 2.51. The summed E-state index contributed by atoms with van der Waals surface area (Å²) in [5.74, 6) is -0.915. The quantitative estimate of drug-likeness (QED) is 0.215. The first-order valence-electron chi connectivity index (χ1n) is 13.8. The molecular weight excluding hydrogens is 602 g/mol. The Morgan fingerprint density at radius 2 is 1.84 bits per heavy atom. The van der Waals surface area contributed by atoms with Gasteiger partial charge in [-0.3, -0.25) is 9.78 Å². The lowest BCUT2D eigenvalue weighted by molar-refractivity contribution is -0.137. The molecule has 0 amide bonds. The Kier molecular flexibility index (Phi) is 7.27. The maximum atomic E-state index is 14.3. The van der Waals surface area contributed by atoms with E-state index in [9.17, 15) is 30.8 Å². The Hall–Kier alpha value is -4.24. The van der Waals surface area contributed by atoms with Crippen molar-refractivity contribution in [3.05, 3.63) is 88.9 Å². The Morgan fingerprint density at radius 3 is 2.48 bits per heavy atom. The molecule has 0 N–H and O–H groups in total. The van der Waals surface area contributed by atoms with E-state index < -0.39 is 44.8 Å². The minimum Gasteiger partial charge on any atom is -0.291 e. The third-order valence-corrected chi connectivity index (χ3v) is 10.2. The van der Waals surface area contributed by atoms with Crippen LogP contribution < -0.4 is 0 Å². The van der Waals surface area contributed by atoms with Crippen molar-refractivity contribution < 1.29 is 30.8 Å². The van der Waals surface area contributed by atoms with Crippen LogP contribution in [0.1, 0.15) is 53.5 Å². The minimum absolute atomic E-state index is 0.0547. The van der Waals surface area contributed by atoms with Crippen LogP contribution in [0.2, 0.25) is 0 Å². The van der Waals surface area contributed by atoms with Gasteiger partial charge in [0.1, 0.15) is 11.5 Å². The molecule has 3 heterocycles. The normalized spacial score (nSPS) is 20.2. The van der Waals surface area contributed by atoms with E-state index >= 15 is 0 Å². The van der Waals surface area contributed by atoms with E-state index in [-0.39, 0.29) is 23.6 Å². The Morgan fingerprint density at radius 1 is 1.09 bits per heavy atom. The number of rotatable bonds is 7. The van der Waals surface area contributed by atoms with Crippen LogP contribution in [-0.2, 0) is 29.2 Å². The van der Waals surface area contributed by atoms with E-state index in [1.807, 2.05) is 6.08 Å². The largest absolute Gasteiger partial charge is 0.417 e. The number of sulfonamides is 1. The average Bonchev–Trinajstić information content (AvgIpc) is 3.66. The number of hydrogen-bond donors (Lipinski definition) is 0. The first kappa shape index (κ1) is 29.8. The van der Waals surface area contributed by atoms with Crippen molar-refractivity contribution in [1.29, 1.82) is 0 Å². The number of allylic oxidation sites excluding steroid dienone is 1. The summed E-state index contributed by atoms with van der Waals surface area (Å²) in [4.78, 5) is 19.5. The third-order valence-electron chi connectivity index (χ3n) is 8.42. The maximum Gasteiger partial charge on any atom is 0.417 e. The van der Waals surface area contributed by atoms with Crippen molar-refractivity contribution in [2.24, 2.45) is 5.41 Å². The van der Waals surface area contributed by atoms with Crippen LogP contribution in [-0.4, -0.2) is 61.4 Å². The van der Waals surface area contributed by atoms with Crippen molar-refractivity contribution in [3.8, 4) is 5.69 Å². The zero-order valence-electron chi connectivity index (χ0n) is 23.7. The van der Waals surface area contributed by atoms with Crippen molar-refractivity contribution in [2.45, 2.75) is 56.4 Å². The zero-order valence-corrected chi connectivity index (χ0v) is 24.5. The number of carbonyl (C=O) groups is 1. The van der Waals surface area contributed by atoms with Crippen molar-refractivity contribution in [1.82, 2.24) is 34.1 Å². The Bertz CT molecular complexity index is 1870. The molecule has 0 saturated heterocycles. The number of hydrogen-bond acceptors (Lipinski definition) is 7. The summed E-state index contributed by atoms with van der Waals surface area (Å²) in [6, 6.07) is 7.00. The second-order valence-electron chi connectivity index (χ2n) is 10.9. The minimum atomic E-state index is -4.63. The molecule has 1 saturated carbocycles. The number of benzene rings is 1. The van der Waals surface area contributed by atoms with E-state index in [2.05, 4.69) is 20.3 Å². The van der Waals surface area contributed by atoms with Gasteiger partial charge in [0, 0.05) is 19.3 Å². The standard InChI is InChI=1S/C29H27F4N7O3S/c1-3-39-35-17-26(37-39)44(42,43)38(2)23-8-4-19-12-25-18(15-36-40(25)22-9-6-21(30)7-10-22)13-28(19,14-23)27(41)24-11-5-20(16-34-24)29(31,32)33/h5-7,9-12,15-17,23H,3-4,8,13-14H2,1-2H3/t23-,28-/m0/s1. The summed E-state index contributed by atoms with van der Waals surface area (Å²) >= 11 is 0. The Balaban J connectivity index is 1.41. The molecule has 230 valence electrons. The van der Waals surface area contributed by atoms with Crippen molar-refractivity contribution >= 4 is 21.9 Å². The molecule has 44 heavy (non-hydrogen) atoms. The topological polar surface area (TPSA) is 116 Å². The van der Waals surface area contributed by atoms with Gasteiger partial charge in [0.2, 0.25) is 5.03 Å². The number of nitrogens with zero attached hydrogens (tertiary/aromatic N) is 7. The second-order valence-corrected chi connectivity index (χ2v) is 12.9. The number of ketones is 1. The predicted octanol–water partition coefficient (Wildman–Crippen LogP) is 4.72. The SMILES string of the molecule is CCn1ncc(S(=O)(=O)N(C)[C@H]2CCC3=Cc4c(cnn4-c4ccc(F)cc4)C[C@]3(C(=O)c3ccc(C(F)(F)F)cn3)C2)n1. The number of alkyl halides is 3. The smallest absolute Gasteiger partial charge is 0.291 e. The van der Waals surface area contributed by atoms with E-state index in [0.29, 0.717) is 48.1 Å². The fraction of sp³-hybridized carbons (Fsp3) is 0.345. The van der Waals surface area contributed by atoms with E-state index in [4.69, 9.17) is 0 Å². The highest BCUT2D eigenvalue weighted by molar-refractivity contribution is 7.89. The summed E-state index contributed by atoms with van der Waals surface area (Å²) in [5.41, 5.74) is 0.217. The number of halogens is 4. The number of Topliss-reactive ketones (excluding diaryl/α,β-unsaturated/α-hetero) is 1. The van der Waals surface area contributed by atoms with E-state index in [0.717, 1.165) is 12.1 Å². The van der Waals surface area contributed by atoms with Crippen LogP contribution in [0.4, 0.5) is 17.6 Å². The predicted molar refractivity (Wildman–Crippen MR) is 149 cm³/mol. The van der Waals surface area contributed by atoms with Gasteiger partial charge in [0.05, 0.1) is 41.3 Å². The lowest BCUT2D eigenvalue weighted by Crippen LogP contribution is -2.49. The fourth-order valence-electron chi connectivity index (χ4n) is 6.02. The van der Waals surface area contributed by atoms with Crippen LogP contribution in [0, 0.1) is 11.2 Å². The molecule has 15 heteroatoms. The number of aryl methyl sites for hydroxylation is 1.